The van der Waals surface area contributed by atoms with Crippen molar-refractivity contribution in [2.24, 2.45) is 5.92 Å². The highest BCUT2D eigenvalue weighted by Gasteiger charge is 2.41. The van der Waals surface area contributed by atoms with Gasteiger partial charge in [-0.05, 0) is 74.4 Å². The van der Waals surface area contributed by atoms with Gasteiger partial charge in [-0.2, -0.15) is 5.26 Å². The van der Waals surface area contributed by atoms with Gasteiger partial charge in [0, 0.05) is 6.54 Å². The van der Waals surface area contributed by atoms with Gasteiger partial charge >= 0.3 is 0 Å². The highest BCUT2D eigenvalue weighted by atomic mass is 19.2. The van der Waals surface area contributed by atoms with Crippen LogP contribution in [0.25, 0.3) is 0 Å². The SMILES string of the molecule is CCCN(CCCC(C#N)(c1ccc(F)c(F)c1)C1CCCCC1)Cc1ccccc1. The highest BCUT2D eigenvalue weighted by Crippen LogP contribution is 2.44. The first-order chi connectivity index (χ1) is 15.1. The molecule has 0 amide bonds. The van der Waals surface area contributed by atoms with Gasteiger partial charge in [0.15, 0.2) is 11.6 Å². The summed E-state index contributed by atoms with van der Waals surface area (Å²) in [5, 5.41) is 10.4. The van der Waals surface area contributed by atoms with E-state index in [1.54, 1.807) is 6.07 Å². The van der Waals surface area contributed by atoms with Crippen molar-refractivity contribution < 1.29 is 8.78 Å². The maximum atomic E-state index is 14.1. The molecule has 1 aliphatic carbocycles. The Balaban J connectivity index is 1.77. The van der Waals surface area contributed by atoms with Crippen molar-refractivity contribution in [2.75, 3.05) is 13.1 Å². The van der Waals surface area contributed by atoms with E-state index in [-0.39, 0.29) is 5.92 Å². The van der Waals surface area contributed by atoms with Gasteiger partial charge in [0.05, 0.1) is 11.5 Å². The van der Waals surface area contributed by atoms with Crippen LogP contribution in [-0.2, 0) is 12.0 Å². The fourth-order valence-electron chi connectivity index (χ4n) is 5.17. The lowest BCUT2D eigenvalue weighted by Gasteiger charge is -2.38. The fraction of sp³-hybridized carbons (Fsp3) is 0.519. The maximum absolute atomic E-state index is 14.1. The molecule has 1 atom stereocenters. The molecule has 0 aliphatic heterocycles. The molecular formula is C27H34F2N2. The normalized spacial score (nSPS) is 16.7. The van der Waals surface area contributed by atoms with E-state index in [4.69, 9.17) is 0 Å². The van der Waals surface area contributed by atoms with Gasteiger partial charge in [-0.3, -0.25) is 4.90 Å². The standard InChI is InChI=1S/C27H34F2N2/c1-2-17-31(20-22-10-5-3-6-11-22)18-9-16-27(21-30,23-12-7-4-8-13-23)24-14-15-25(28)26(29)19-24/h3,5-6,10-11,14-15,19,23H,2,4,7-9,12-13,16-18,20H2,1H3. The molecule has 0 radical (unpaired) electrons. The molecule has 0 N–H and O–H groups in total. The molecule has 0 heterocycles. The Bertz CT molecular complexity index is 855. The quantitative estimate of drug-likeness (QED) is 0.411. The minimum Gasteiger partial charge on any atom is -0.299 e. The molecular weight excluding hydrogens is 390 g/mol. The van der Waals surface area contributed by atoms with Crippen molar-refractivity contribution >= 4 is 0 Å². The molecule has 166 valence electrons. The second kappa shape index (κ2) is 11.4. The fourth-order valence-corrected chi connectivity index (χ4v) is 5.17. The lowest BCUT2D eigenvalue weighted by molar-refractivity contribution is 0.211. The lowest BCUT2D eigenvalue weighted by atomic mass is 9.63. The predicted octanol–water partition coefficient (Wildman–Crippen LogP) is 7.00. The molecule has 31 heavy (non-hydrogen) atoms. The third kappa shape index (κ3) is 5.92. The number of hydrogen-bond acceptors (Lipinski definition) is 2. The minimum atomic E-state index is -0.857. The summed E-state index contributed by atoms with van der Waals surface area (Å²) in [7, 11) is 0. The van der Waals surface area contributed by atoms with E-state index in [0.717, 1.165) is 58.2 Å². The van der Waals surface area contributed by atoms with E-state index in [1.165, 1.54) is 24.1 Å². The van der Waals surface area contributed by atoms with Crippen LogP contribution in [0, 0.1) is 28.9 Å². The molecule has 2 aromatic rings. The number of nitrogens with zero attached hydrogens (tertiary/aromatic N) is 2. The zero-order valence-electron chi connectivity index (χ0n) is 18.6. The van der Waals surface area contributed by atoms with Crippen LogP contribution < -0.4 is 0 Å². The van der Waals surface area contributed by atoms with Crippen LogP contribution in [-0.4, -0.2) is 18.0 Å². The monoisotopic (exact) mass is 424 g/mol. The number of halogens is 2. The Morgan fingerprint density at radius 2 is 1.74 bits per heavy atom. The van der Waals surface area contributed by atoms with Crippen molar-refractivity contribution in [1.29, 1.82) is 5.26 Å². The Morgan fingerprint density at radius 3 is 2.39 bits per heavy atom. The van der Waals surface area contributed by atoms with E-state index in [0.29, 0.717) is 12.0 Å². The van der Waals surface area contributed by atoms with Gasteiger partial charge in [-0.15, -0.1) is 0 Å². The summed E-state index contributed by atoms with van der Waals surface area (Å²) in [5.41, 5.74) is 1.18. The average molecular weight is 425 g/mol. The molecule has 4 heteroatoms. The second-order valence-corrected chi connectivity index (χ2v) is 8.91. The van der Waals surface area contributed by atoms with E-state index in [9.17, 15) is 14.0 Å². The highest BCUT2D eigenvalue weighted by molar-refractivity contribution is 5.35. The Labute approximate surface area is 185 Å². The van der Waals surface area contributed by atoms with Gasteiger partial charge in [0.25, 0.3) is 0 Å². The van der Waals surface area contributed by atoms with Crippen molar-refractivity contribution in [3.05, 3.63) is 71.3 Å². The van der Waals surface area contributed by atoms with Crippen LogP contribution in [0.2, 0.25) is 0 Å². The zero-order chi connectivity index (χ0) is 22.1. The Morgan fingerprint density at radius 1 is 1.00 bits per heavy atom. The molecule has 0 saturated heterocycles. The van der Waals surface area contributed by atoms with Crippen LogP contribution in [0.15, 0.2) is 48.5 Å². The van der Waals surface area contributed by atoms with Crippen LogP contribution >= 0.6 is 0 Å². The van der Waals surface area contributed by atoms with Gasteiger partial charge < -0.3 is 0 Å². The smallest absolute Gasteiger partial charge is 0.159 e. The molecule has 3 rings (SSSR count). The van der Waals surface area contributed by atoms with Crippen LogP contribution in [0.1, 0.15) is 69.4 Å². The van der Waals surface area contributed by atoms with E-state index in [2.05, 4.69) is 42.2 Å². The van der Waals surface area contributed by atoms with Crippen LogP contribution in [0.3, 0.4) is 0 Å². The molecule has 0 bridgehead atoms. The summed E-state index contributed by atoms with van der Waals surface area (Å²) in [6, 6.07) is 17.1. The van der Waals surface area contributed by atoms with Gasteiger partial charge in [-0.1, -0.05) is 62.6 Å². The molecule has 1 unspecified atom stereocenters. The third-order valence-corrected chi connectivity index (χ3v) is 6.77. The maximum Gasteiger partial charge on any atom is 0.159 e. The average Bonchev–Trinajstić information content (AvgIpc) is 2.80. The largest absolute Gasteiger partial charge is 0.299 e. The lowest BCUT2D eigenvalue weighted by Crippen LogP contribution is -2.37. The summed E-state index contributed by atoms with van der Waals surface area (Å²) >= 11 is 0. The van der Waals surface area contributed by atoms with Crippen molar-refractivity contribution in [3.8, 4) is 6.07 Å². The molecule has 0 aromatic heterocycles. The summed E-state index contributed by atoms with van der Waals surface area (Å²) in [5.74, 6) is -1.51. The number of hydrogen-bond donors (Lipinski definition) is 0. The summed E-state index contributed by atoms with van der Waals surface area (Å²) in [6.45, 7) is 4.97. The molecule has 2 aromatic carbocycles. The summed E-state index contributed by atoms with van der Waals surface area (Å²) in [6.07, 6.45) is 7.97. The molecule has 1 aliphatic rings. The first-order valence-corrected chi connectivity index (χ1v) is 11.7. The van der Waals surface area contributed by atoms with Crippen LogP contribution in [0.4, 0.5) is 8.78 Å². The third-order valence-electron chi connectivity index (χ3n) is 6.77. The van der Waals surface area contributed by atoms with Crippen LogP contribution in [0.5, 0.6) is 0 Å². The Kier molecular flexibility index (Phi) is 8.60. The zero-order valence-corrected chi connectivity index (χ0v) is 18.6. The van der Waals surface area contributed by atoms with Crippen molar-refractivity contribution in [1.82, 2.24) is 4.90 Å². The van der Waals surface area contributed by atoms with E-state index < -0.39 is 17.0 Å². The molecule has 0 spiro atoms. The second-order valence-electron chi connectivity index (χ2n) is 8.91. The van der Waals surface area contributed by atoms with Crippen molar-refractivity contribution in [2.45, 2.75) is 70.3 Å². The molecule has 1 saturated carbocycles. The summed E-state index contributed by atoms with van der Waals surface area (Å²) < 4.78 is 27.7. The Hall–Kier alpha value is -2.25. The van der Waals surface area contributed by atoms with Gasteiger partial charge in [0.2, 0.25) is 0 Å². The summed E-state index contributed by atoms with van der Waals surface area (Å²) in [4.78, 5) is 2.43. The first-order valence-electron chi connectivity index (χ1n) is 11.7. The predicted molar refractivity (Wildman–Crippen MR) is 121 cm³/mol. The number of nitriles is 1. The van der Waals surface area contributed by atoms with Gasteiger partial charge in [0.1, 0.15) is 0 Å². The topological polar surface area (TPSA) is 27.0 Å². The first kappa shape index (κ1) is 23.4. The van der Waals surface area contributed by atoms with Crippen molar-refractivity contribution in [3.63, 3.8) is 0 Å². The number of benzene rings is 2. The molecule has 2 nitrogen and oxygen atoms in total. The van der Waals surface area contributed by atoms with Gasteiger partial charge in [-0.25, -0.2) is 8.78 Å². The number of rotatable bonds is 10. The van der Waals surface area contributed by atoms with E-state index in [1.807, 2.05) is 6.07 Å². The molecule has 1 fully saturated rings. The minimum absolute atomic E-state index is 0.199. The van der Waals surface area contributed by atoms with E-state index >= 15 is 0 Å².